The van der Waals surface area contributed by atoms with Crippen LogP contribution in [-0.2, 0) is 15.1 Å². The lowest BCUT2D eigenvalue weighted by molar-refractivity contribution is -0.141. The number of benzene rings is 4. The minimum Gasteiger partial charge on any atom is -0.441 e. The van der Waals surface area contributed by atoms with Crippen LogP contribution >= 0.6 is 0 Å². The average molecular weight is 441 g/mol. The molecular weight excluding hydrogens is 416 g/mol. The standard InChI is InChI=1S/C32H24O2/c33-31-29(26-18-7-2-8-19-26)30(27-20-9-3-10-21-27)32(34-31,28-22-11-4-12-23-28)24-14-13-17-25-15-5-1-6-16-25/h1-24H/b17-13+,24-14+/t32-/m0/s1. The largest absolute Gasteiger partial charge is 0.441 e. The summed E-state index contributed by atoms with van der Waals surface area (Å²) in [6.07, 6.45) is 7.97. The Morgan fingerprint density at radius 2 is 1.12 bits per heavy atom. The summed E-state index contributed by atoms with van der Waals surface area (Å²) in [5, 5.41) is 0. The van der Waals surface area contributed by atoms with Gasteiger partial charge in [-0.15, -0.1) is 0 Å². The first-order valence-corrected chi connectivity index (χ1v) is 11.3. The zero-order valence-electron chi connectivity index (χ0n) is 18.7. The molecule has 2 heteroatoms. The molecule has 0 saturated heterocycles. The van der Waals surface area contributed by atoms with E-state index in [-0.39, 0.29) is 5.97 Å². The van der Waals surface area contributed by atoms with Crippen LogP contribution in [0.15, 0.2) is 140 Å². The van der Waals surface area contributed by atoms with Gasteiger partial charge in [-0.05, 0) is 22.8 Å². The Labute approximate surface area is 200 Å². The van der Waals surface area contributed by atoms with E-state index in [0.717, 1.165) is 27.8 Å². The van der Waals surface area contributed by atoms with Gasteiger partial charge in [-0.3, -0.25) is 0 Å². The van der Waals surface area contributed by atoms with Crippen LogP contribution in [0.5, 0.6) is 0 Å². The van der Waals surface area contributed by atoms with E-state index in [0.29, 0.717) is 5.57 Å². The van der Waals surface area contributed by atoms with E-state index < -0.39 is 5.60 Å². The van der Waals surface area contributed by atoms with Crippen molar-refractivity contribution in [3.8, 4) is 0 Å². The summed E-state index contributed by atoms with van der Waals surface area (Å²) < 4.78 is 6.29. The molecule has 5 rings (SSSR count). The molecule has 0 fully saturated rings. The van der Waals surface area contributed by atoms with Crippen molar-refractivity contribution in [2.24, 2.45) is 0 Å². The third kappa shape index (κ3) is 4.14. The summed E-state index contributed by atoms with van der Waals surface area (Å²) in [6, 6.07) is 39.8. The van der Waals surface area contributed by atoms with Gasteiger partial charge in [-0.2, -0.15) is 0 Å². The smallest absolute Gasteiger partial charge is 0.340 e. The number of ether oxygens (including phenoxy) is 1. The zero-order valence-corrected chi connectivity index (χ0v) is 18.7. The highest BCUT2D eigenvalue weighted by molar-refractivity contribution is 6.29. The molecule has 1 heterocycles. The highest BCUT2D eigenvalue weighted by Gasteiger charge is 2.48. The molecule has 0 amide bonds. The maximum Gasteiger partial charge on any atom is 0.340 e. The second kappa shape index (κ2) is 9.60. The fourth-order valence-corrected chi connectivity index (χ4v) is 4.39. The molecule has 4 aromatic carbocycles. The van der Waals surface area contributed by atoms with Gasteiger partial charge in [0.2, 0.25) is 0 Å². The molecule has 0 saturated carbocycles. The van der Waals surface area contributed by atoms with Gasteiger partial charge in [0, 0.05) is 11.1 Å². The highest BCUT2D eigenvalue weighted by atomic mass is 16.6. The van der Waals surface area contributed by atoms with Gasteiger partial charge < -0.3 is 4.74 Å². The summed E-state index contributed by atoms with van der Waals surface area (Å²) >= 11 is 0. The minimum absolute atomic E-state index is 0.328. The van der Waals surface area contributed by atoms with Crippen molar-refractivity contribution < 1.29 is 9.53 Å². The first-order valence-electron chi connectivity index (χ1n) is 11.3. The van der Waals surface area contributed by atoms with Crippen molar-refractivity contribution in [2.75, 3.05) is 0 Å². The Hall–Kier alpha value is -4.43. The number of hydrogen-bond donors (Lipinski definition) is 0. The SMILES string of the molecule is O=C1O[C@@](/C=C/C=C/c2ccccc2)(c2ccccc2)C(c2ccccc2)=C1c1ccccc1. The van der Waals surface area contributed by atoms with Crippen LogP contribution in [0.4, 0.5) is 0 Å². The van der Waals surface area contributed by atoms with E-state index in [9.17, 15) is 4.79 Å². The van der Waals surface area contributed by atoms with Crippen LogP contribution < -0.4 is 0 Å². The van der Waals surface area contributed by atoms with Crippen LogP contribution in [0, 0.1) is 0 Å². The molecule has 2 nitrogen and oxygen atoms in total. The van der Waals surface area contributed by atoms with Crippen LogP contribution in [-0.4, -0.2) is 5.97 Å². The second-order valence-electron chi connectivity index (χ2n) is 8.10. The minimum atomic E-state index is -1.05. The Bertz CT molecular complexity index is 1350. The number of hydrogen-bond acceptors (Lipinski definition) is 2. The zero-order chi connectivity index (χ0) is 23.2. The van der Waals surface area contributed by atoms with Gasteiger partial charge >= 0.3 is 5.97 Å². The molecule has 1 atom stereocenters. The van der Waals surface area contributed by atoms with Crippen molar-refractivity contribution in [1.29, 1.82) is 0 Å². The molecule has 0 spiro atoms. The Morgan fingerprint density at radius 1 is 0.588 bits per heavy atom. The molecule has 0 bridgehead atoms. The first-order chi connectivity index (χ1) is 16.8. The van der Waals surface area contributed by atoms with Gasteiger partial charge in [-0.1, -0.05) is 140 Å². The van der Waals surface area contributed by atoms with E-state index >= 15 is 0 Å². The fraction of sp³-hybridized carbons (Fsp3) is 0.0312. The number of carbonyl (C=O) groups is 1. The fourth-order valence-electron chi connectivity index (χ4n) is 4.39. The van der Waals surface area contributed by atoms with E-state index in [1.165, 1.54) is 0 Å². The molecule has 0 aliphatic carbocycles. The van der Waals surface area contributed by atoms with E-state index in [4.69, 9.17) is 4.74 Å². The molecule has 0 unspecified atom stereocenters. The van der Waals surface area contributed by atoms with Crippen molar-refractivity contribution >= 4 is 23.2 Å². The van der Waals surface area contributed by atoms with Gasteiger partial charge in [0.1, 0.15) is 0 Å². The highest BCUT2D eigenvalue weighted by Crippen LogP contribution is 2.50. The van der Waals surface area contributed by atoms with Crippen molar-refractivity contribution in [2.45, 2.75) is 5.60 Å². The van der Waals surface area contributed by atoms with Crippen molar-refractivity contribution in [3.05, 3.63) is 162 Å². The molecule has 4 aromatic rings. The maximum absolute atomic E-state index is 13.5. The van der Waals surface area contributed by atoms with Crippen LogP contribution in [0.1, 0.15) is 22.3 Å². The molecular formula is C32H24O2. The molecule has 1 aliphatic rings. The summed E-state index contributed by atoms with van der Waals surface area (Å²) in [5.41, 5.74) is 4.19. The first kappa shape index (κ1) is 21.4. The summed E-state index contributed by atoms with van der Waals surface area (Å²) in [7, 11) is 0. The molecule has 164 valence electrons. The van der Waals surface area contributed by atoms with E-state index in [1.54, 1.807) is 0 Å². The van der Waals surface area contributed by atoms with Gasteiger partial charge in [0.05, 0.1) is 5.57 Å². The molecule has 1 aliphatic heterocycles. The normalized spacial score (nSPS) is 18.1. The Kier molecular flexibility index (Phi) is 6.05. The average Bonchev–Trinajstić information content (AvgIpc) is 3.21. The predicted octanol–water partition coefficient (Wildman–Crippen LogP) is 7.32. The lowest BCUT2D eigenvalue weighted by atomic mass is 9.79. The van der Waals surface area contributed by atoms with Gasteiger partial charge in [-0.25, -0.2) is 4.79 Å². The lowest BCUT2D eigenvalue weighted by Crippen LogP contribution is -2.26. The van der Waals surface area contributed by atoms with E-state index in [1.807, 2.05) is 133 Å². The molecule has 0 aromatic heterocycles. The summed E-state index contributed by atoms with van der Waals surface area (Å²) in [6.45, 7) is 0. The Balaban J connectivity index is 1.71. The van der Waals surface area contributed by atoms with Gasteiger partial charge in [0.25, 0.3) is 0 Å². The van der Waals surface area contributed by atoms with Crippen LogP contribution in [0.3, 0.4) is 0 Å². The van der Waals surface area contributed by atoms with Crippen LogP contribution in [0.2, 0.25) is 0 Å². The van der Waals surface area contributed by atoms with Crippen LogP contribution in [0.25, 0.3) is 17.2 Å². The topological polar surface area (TPSA) is 26.3 Å². The van der Waals surface area contributed by atoms with Crippen molar-refractivity contribution in [1.82, 2.24) is 0 Å². The molecule has 0 N–H and O–H groups in total. The molecule has 0 radical (unpaired) electrons. The lowest BCUT2D eigenvalue weighted by Gasteiger charge is -2.29. The monoisotopic (exact) mass is 440 g/mol. The number of allylic oxidation sites excluding steroid dienone is 2. The number of esters is 1. The summed E-state index contributed by atoms with van der Waals surface area (Å²) in [5.74, 6) is -0.328. The van der Waals surface area contributed by atoms with Gasteiger partial charge in [0.15, 0.2) is 5.60 Å². The molecule has 34 heavy (non-hydrogen) atoms. The number of carbonyl (C=O) groups excluding carboxylic acids is 1. The van der Waals surface area contributed by atoms with E-state index in [2.05, 4.69) is 12.1 Å². The number of cyclic esters (lactones) is 1. The second-order valence-corrected chi connectivity index (χ2v) is 8.10. The predicted molar refractivity (Wildman–Crippen MR) is 139 cm³/mol. The third-order valence-electron chi connectivity index (χ3n) is 5.94. The van der Waals surface area contributed by atoms with Crippen molar-refractivity contribution in [3.63, 3.8) is 0 Å². The summed E-state index contributed by atoms with van der Waals surface area (Å²) in [4.78, 5) is 13.5. The quantitative estimate of drug-likeness (QED) is 0.232. The number of rotatable bonds is 6. The maximum atomic E-state index is 13.5. The third-order valence-corrected chi connectivity index (χ3v) is 5.94. The Morgan fingerprint density at radius 3 is 1.74 bits per heavy atom.